The topological polar surface area (TPSA) is 20.3 Å². The van der Waals surface area contributed by atoms with Crippen LogP contribution in [0.1, 0.15) is 30.7 Å². The molecule has 0 bridgehead atoms. The number of benzene rings is 1. The minimum Gasteiger partial charge on any atom is -0.342 e. The second-order valence-electron chi connectivity index (χ2n) is 5.34. The molecule has 21 heavy (non-hydrogen) atoms. The lowest BCUT2D eigenvalue weighted by molar-refractivity contribution is -0.160. The molecule has 1 amide bonds. The van der Waals surface area contributed by atoms with E-state index in [0.29, 0.717) is 25.9 Å². The Kier molecular flexibility index (Phi) is 4.70. The van der Waals surface area contributed by atoms with E-state index < -0.39 is 24.4 Å². The predicted octanol–water partition coefficient (Wildman–Crippen LogP) is 3.90. The van der Waals surface area contributed by atoms with Gasteiger partial charge in [0.25, 0.3) is 0 Å². The first-order chi connectivity index (χ1) is 9.88. The summed E-state index contributed by atoms with van der Waals surface area (Å²) >= 11 is 0. The number of rotatable bonds is 3. The minimum absolute atomic E-state index is 0.139. The van der Waals surface area contributed by atoms with Crippen molar-refractivity contribution in [2.75, 3.05) is 13.1 Å². The molecule has 1 atom stereocenters. The van der Waals surface area contributed by atoms with E-state index in [0.717, 1.165) is 5.57 Å². The number of nitrogens with zero attached hydrogens (tertiary/aromatic N) is 1. The Bertz CT molecular complexity index is 500. The SMILES string of the molecule is C=C1CCN(C(=O)CC(c2ccccc2)C(F)(F)F)CC1. The molecule has 5 heteroatoms. The third-order valence-electron chi connectivity index (χ3n) is 3.80. The van der Waals surface area contributed by atoms with Crippen LogP contribution in [0, 0.1) is 0 Å². The maximum Gasteiger partial charge on any atom is 0.396 e. The molecule has 2 nitrogen and oxygen atoms in total. The van der Waals surface area contributed by atoms with Crippen molar-refractivity contribution in [3.63, 3.8) is 0 Å². The van der Waals surface area contributed by atoms with Crippen LogP contribution in [0.4, 0.5) is 13.2 Å². The predicted molar refractivity (Wildman–Crippen MR) is 74.8 cm³/mol. The second-order valence-corrected chi connectivity index (χ2v) is 5.34. The Morgan fingerprint density at radius 1 is 1.19 bits per heavy atom. The first kappa shape index (κ1) is 15.6. The molecule has 0 aromatic heterocycles. The average Bonchev–Trinajstić information content (AvgIpc) is 2.45. The maximum atomic E-state index is 13.2. The highest BCUT2D eigenvalue weighted by atomic mass is 19.4. The summed E-state index contributed by atoms with van der Waals surface area (Å²) in [4.78, 5) is 13.6. The van der Waals surface area contributed by atoms with Crippen LogP contribution in [0.3, 0.4) is 0 Å². The van der Waals surface area contributed by atoms with Crippen molar-refractivity contribution in [2.24, 2.45) is 0 Å². The van der Waals surface area contributed by atoms with Crippen molar-refractivity contribution < 1.29 is 18.0 Å². The van der Waals surface area contributed by atoms with Crippen LogP contribution < -0.4 is 0 Å². The number of amides is 1. The zero-order valence-electron chi connectivity index (χ0n) is 11.7. The molecule has 1 heterocycles. The average molecular weight is 297 g/mol. The van der Waals surface area contributed by atoms with Crippen LogP contribution in [0.15, 0.2) is 42.5 Å². The van der Waals surface area contributed by atoms with Gasteiger partial charge in [0.05, 0.1) is 5.92 Å². The van der Waals surface area contributed by atoms with E-state index in [2.05, 4.69) is 6.58 Å². The van der Waals surface area contributed by atoms with Crippen molar-refractivity contribution in [1.82, 2.24) is 4.90 Å². The third-order valence-corrected chi connectivity index (χ3v) is 3.80. The van der Waals surface area contributed by atoms with E-state index in [9.17, 15) is 18.0 Å². The highest BCUT2D eigenvalue weighted by Crippen LogP contribution is 2.37. The van der Waals surface area contributed by atoms with Gasteiger partial charge in [-0.15, -0.1) is 0 Å². The van der Waals surface area contributed by atoms with Crippen molar-refractivity contribution in [3.8, 4) is 0 Å². The molecular weight excluding hydrogens is 279 g/mol. The summed E-state index contributed by atoms with van der Waals surface area (Å²) in [5, 5.41) is 0. The number of piperidine rings is 1. The molecule has 1 aromatic carbocycles. The van der Waals surface area contributed by atoms with E-state index in [1.807, 2.05) is 0 Å². The molecule has 1 unspecified atom stereocenters. The highest BCUT2D eigenvalue weighted by molar-refractivity contribution is 5.77. The third kappa shape index (κ3) is 4.09. The van der Waals surface area contributed by atoms with Crippen LogP contribution in [0.2, 0.25) is 0 Å². The molecule has 1 aliphatic rings. The van der Waals surface area contributed by atoms with Gasteiger partial charge in [-0.25, -0.2) is 0 Å². The number of halogens is 3. The summed E-state index contributed by atoms with van der Waals surface area (Å²) in [6.07, 6.45) is -3.60. The molecule has 1 aromatic rings. The number of alkyl halides is 3. The van der Waals surface area contributed by atoms with E-state index in [1.165, 1.54) is 17.0 Å². The lowest BCUT2D eigenvalue weighted by Gasteiger charge is -2.30. The molecule has 1 aliphatic heterocycles. The van der Waals surface area contributed by atoms with Gasteiger partial charge in [0.2, 0.25) is 5.91 Å². The molecule has 0 spiro atoms. The Labute approximate surface area is 122 Å². The van der Waals surface area contributed by atoms with Gasteiger partial charge in [-0.3, -0.25) is 4.79 Å². The van der Waals surface area contributed by atoms with Gasteiger partial charge in [-0.2, -0.15) is 13.2 Å². The van der Waals surface area contributed by atoms with Gasteiger partial charge in [0.15, 0.2) is 0 Å². The van der Waals surface area contributed by atoms with Gasteiger partial charge < -0.3 is 4.90 Å². The Morgan fingerprint density at radius 2 is 1.76 bits per heavy atom. The smallest absolute Gasteiger partial charge is 0.342 e. The van der Waals surface area contributed by atoms with Gasteiger partial charge in [-0.1, -0.05) is 42.5 Å². The molecule has 0 radical (unpaired) electrons. The molecule has 114 valence electrons. The maximum absolute atomic E-state index is 13.2. The summed E-state index contributed by atoms with van der Waals surface area (Å²) in [5.74, 6) is -2.18. The zero-order valence-corrected chi connectivity index (χ0v) is 11.7. The van der Waals surface area contributed by atoms with Crippen LogP contribution in [0.5, 0.6) is 0 Å². The van der Waals surface area contributed by atoms with E-state index in [-0.39, 0.29) is 5.56 Å². The van der Waals surface area contributed by atoms with Crippen molar-refractivity contribution in [2.45, 2.75) is 31.4 Å². The van der Waals surface area contributed by atoms with E-state index in [4.69, 9.17) is 0 Å². The molecular formula is C16H18F3NO. The number of hydrogen-bond acceptors (Lipinski definition) is 1. The minimum atomic E-state index is -4.42. The van der Waals surface area contributed by atoms with Gasteiger partial charge in [-0.05, 0) is 18.4 Å². The number of carbonyl (C=O) groups is 1. The Hall–Kier alpha value is -1.78. The lowest BCUT2D eigenvalue weighted by Crippen LogP contribution is -2.38. The monoisotopic (exact) mass is 297 g/mol. The summed E-state index contributed by atoms with van der Waals surface area (Å²) in [7, 11) is 0. The van der Waals surface area contributed by atoms with Crippen molar-refractivity contribution in [1.29, 1.82) is 0 Å². The largest absolute Gasteiger partial charge is 0.396 e. The molecule has 0 saturated carbocycles. The Balaban J connectivity index is 2.09. The fraction of sp³-hybridized carbons (Fsp3) is 0.438. The molecule has 1 saturated heterocycles. The van der Waals surface area contributed by atoms with Gasteiger partial charge in [0.1, 0.15) is 0 Å². The summed E-state index contributed by atoms with van der Waals surface area (Å²) in [5.41, 5.74) is 1.19. The summed E-state index contributed by atoms with van der Waals surface area (Å²) in [6, 6.07) is 7.62. The van der Waals surface area contributed by atoms with Crippen LogP contribution in [-0.4, -0.2) is 30.1 Å². The molecule has 1 fully saturated rings. The Morgan fingerprint density at radius 3 is 2.29 bits per heavy atom. The fourth-order valence-corrected chi connectivity index (χ4v) is 2.48. The van der Waals surface area contributed by atoms with E-state index in [1.54, 1.807) is 18.2 Å². The quantitative estimate of drug-likeness (QED) is 0.775. The number of likely N-dealkylation sites (tertiary alicyclic amines) is 1. The summed E-state index contributed by atoms with van der Waals surface area (Å²) in [6.45, 7) is 4.78. The normalized spacial score (nSPS) is 17.7. The van der Waals surface area contributed by atoms with Crippen LogP contribution in [0.25, 0.3) is 0 Å². The van der Waals surface area contributed by atoms with E-state index >= 15 is 0 Å². The highest BCUT2D eigenvalue weighted by Gasteiger charge is 2.42. The number of carbonyl (C=O) groups excluding carboxylic acids is 1. The lowest BCUT2D eigenvalue weighted by atomic mass is 9.94. The molecule has 0 N–H and O–H groups in total. The molecule has 2 rings (SSSR count). The molecule has 0 aliphatic carbocycles. The van der Waals surface area contributed by atoms with Crippen LogP contribution in [-0.2, 0) is 4.79 Å². The van der Waals surface area contributed by atoms with Crippen LogP contribution >= 0.6 is 0 Å². The standard InChI is InChI=1S/C16H18F3NO/c1-12-7-9-20(10-8-12)15(21)11-14(16(17,18)19)13-5-3-2-4-6-13/h2-6,14H,1,7-11H2. The zero-order chi connectivity index (χ0) is 15.5. The first-order valence-corrected chi connectivity index (χ1v) is 6.94. The van der Waals surface area contributed by atoms with Gasteiger partial charge >= 0.3 is 6.18 Å². The van der Waals surface area contributed by atoms with Gasteiger partial charge in [0, 0.05) is 19.5 Å². The van der Waals surface area contributed by atoms with Crippen molar-refractivity contribution >= 4 is 5.91 Å². The second kappa shape index (κ2) is 6.33. The fourth-order valence-electron chi connectivity index (χ4n) is 2.48. The number of hydrogen-bond donors (Lipinski definition) is 0. The first-order valence-electron chi connectivity index (χ1n) is 6.94. The van der Waals surface area contributed by atoms with Crippen molar-refractivity contribution in [3.05, 3.63) is 48.0 Å². The summed E-state index contributed by atoms with van der Waals surface area (Å²) < 4.78 is 39.6.